The first kappa shape index (κ1) is 22.8. The molecule has 0 bridgehead atoms. The Kier molecular flexibility index (Phi) is 6.61. The van der Waals surface area contributed by atoms with Crippen molar-refractivity contribution in [3.05, 3.63) is 71.8 Å². The van der Waals surface area contributed by atoms with Crippen molar-refractivity contribution in [2.24, 2.45) is 5.92 Å². The predicted molar refractivity (Wildman–Crippen MR) is 124 cm³/mol. The van der Waals surface area contributed by atoms with Gasteiger partial charge in [-0.25, -0.2) is 0 Å². The van der Waals surface area contributed by atoms with Crippen LogP contribution in [0.2, 0.25) is 0 Å². The third-order valence-corrected chi connectivity index (χ3v) is 6.67. The van der Waals surface area contributed by atoms with E-state index in [1.807, 2.05) is 56.3 Å². The van der Waals surface area contributed by atoms with Gasteiger partial charge >= 0.3 is 0 Å². The molecule has 0 spiro atoms. The number of ether oxygens (including phenoxy) is 2. The van der Waals surface area contributed by atoms with Gasteiger partial charge in [0.15, 0.2) is 0 Å². The van der Waals surface area contributed by atoms with Crippen LogP contribution in [0.5, 0.6) is 11.5 Å². The zero-order valence-electron chi connectivity index (χ0n) is 19.0. The highest BCUT2D eigenvalue weighted by Gasteiger charge is 2.49. The van der Waals surface area contributed by atoms with Gasteiger partial charge in [0, 0.05) is 23.8 Å². The van der Waals surface area contributed by atoms with Gasteiger partial charge in [-0.15, -0.1) is 0 Å². The fourth-order valence-corrected chi connectivity index (χ4v) is 4.85. The molecule has 0 radical (unpaired) electrons. The molecule has 2 aromatic carbocycles. The summed E-state index contributed by atoms with van der Waals surface area (Å²) in [6, 6.07) is 15.6. The number of aliphatic hydroxyl groups is 3. The molecule has 4 rings (SSSR count). The molecule has 6 atom stereocenters. The second kappa shape index (κ2) is 9.26. The highest BCUT2D eigenvalue weighted by molar-refractivity contribution is 5.49. The number of fused-ring (bicyclic) bond motifs is 3. The molecule has 1 unspecified atom stereocenters. The molecule has 0 amide bonds. The van der Waals surface area contributed by atoms with Gasteiger partial charge in [0.05, 0.1) is 12.2 Å². The van der Waals surface area contributed by atoms with Gasteiger partial charge in [0.2, 0.25) is 0 Å². The lowest BCUT2D eigenvalue weighted by molar-refractivity contribution is -0.00221. The minimum atomic E-state index is -0.840. The van der Waals surface area contributed by atoms with Gasteiger partial charge in [-0.05, 0) is 51.3 Å². The summed E-state index contributed by atoms with van der Waals surface area (Å²) in [7, 11) is 0. The van der Waals surface area contributed by atoms with Crippen LogP contribution in [0.25, 0.3) is 0 Å². The third-order valence-electron chi connectivity index (χ3n) is 6.67. The van der Waals surface area contributed by atoms with E-state index in [9.17, 15) is 15.3 Å². The van der Waals surface area contributed by atoms with Crippen molar-refractivity contribution in [1.29, 1.82) is 0 Å². The lowest BCUT2D eigenvalue weighted by Crippen LogP contribution is -2.41. The molecule has 1 saturated carbocycles. The van der Waals surface area contributed by atoms with Gasteiger partial charge in [-0.1, -0.05) is 48.6 Å². The predicted octanol–water partition coefficient (Wildman–Crippen LogP) is 4.00. The minimum absolute atomic E-state index is 0.0492. The molecular formula is C27H34O5. The van der Waals surface area contributed by atoms with Crippen LogP contribution in [-0.4, -0.2) is 45.3 Å². The average Bonchev–Trinajstić information content (AvgIpc) is 3.25. The van der Waals surface area contributed by atoms with Crippen molar-refractivity contribution in [1.82, 2.24) is 0 Å². The zero-order chi connectivity index (χ0) is 22.9. The van der Waals surface area contributed by atoms with E-state index in [0.29, 0.717) is 18.6 Å². The Hall–Kier alpha value is -2.34. The fraction of sp³-hybridized carbons (Fsp3) is 0.481. The van der Waals surface area contributed by atoms with Gasteiger partial charge in [-0.2, -0.15) is 0 Å². The maximum atomic E-state index is 10.8. The summed E-state index contributed by atoms with van der Waals surface area (Å²) >= 11 is 0. The largest absolute Gasteiger partial charge is 0.489 e. The summed E-state index contributed by atoms with van der Waals surface area (Å²) in [5.74, 6) is 1.51. The highest BCUT2D eigenvalue weighted by atomic mass is 16.5. The molecule has 1 aliphatic heterocycles. The van der Waals surface area contributed by atoms with Crippen molar-refractivity contribution in [2.75, 3.05) is 0 Å². The van der Waals surface area contributed by atoms with E-state index in [1.165, 1.54) is 0 Å². The van der Waals surface area contributed by atoms with Crippen LogP contribution >= 0.6 is 0 Å². The second-order valence-electron chi connectivity index (χ2n) is 9.63. The van der Waals surface area contributed by atoms with Crippen molar-refractivity contribution >= 4 is 0 Å². The first-order valence-corrected chi connectivity index (χ1v) is 11.5. The van der Waals surface area contributed by atoms with E-state index >= 15 is 0 Å². The van der Waals surface area contributed by atoms with Gasteiger partial charge in [0.1, 0.15) is 29.3 Å². The molecule has 32 heavy (non-hydrogen) atoms. The third kappa shape index (κ3) is 4.70. The maximum Gasteiger partial charge on any atom is 0.133 e. The van der Waals surface area contributed by atoms with Crippen molar-refractivity contribution in [3.63, 3.8) is 0 Å². The van der Waals surface area contributed by atoms with Gasteiger partial charge < -0.3 is 24.8 Å². The van der Waals surface area contributed by atoms with Crippen LogP contribution in [0.4, 0.5) is 0 Å². The van der Waals surface area contributed by atoms with Crippen LogP contribution in [0.3, 0.4) is 0 Å². The van der Waals surface area contributed by atoms with Crippen molar-refractivity contribution in [2.45, 2.75) is 76.0 Å². The summed E-state index contributed by atoms with van der Waals surface area (Å²) in [6.07, 6.45) is 3.88. The van der Waals surface area contributed by atoms with E-state index in [-0.39, 0.29) is 24.0 Å². The summed E-state index contributed by atoms with van der Waals surface area (Å²) in [6.45, 7) is 5.50. The quantitative estimate of drug-likeness (QED) is 0.543. The topological polar surface area (TPSA) is 79.2 Å². The maximum absolute atomic E-state index is 10.8. The Balaban J connectivity index is 1.50. The van der Waals surface area contributed by atoms with E-state index in [2.05, 4.69) is 12.1 Å². The summed E-state index contributed by atoms with van der Waals surface area (Å²) in [5.41, 5.74) is 1.39. The molecule has 1 aliphatic carbocycles. The highest BCUT2D eigenvalue weighted by Crippen LogP contribution is 2.52. The van der Waals surface area contributed by atoms with Crippen LogP contribution < -0.4 is 9.47 Å². The summed E-state index contributed by atoms with van der Waals surface area (Å²) < 4.78 is 12.3. The van der Waals surface area contributed by atoms with E-state index in [4.69, 9.17) is 9.47 Å². The lowest BCUT2D eigenvalue weighted by atomic mass is 9.86. The van der Waals surface area contributed by atoms with E-state index in [0.717, 1.165) is 23.3 Å². The minimum Gasteiger partial charge on any atom is -0.489 e. The summed E-state index contributed by atoms with van der Waals surface area (Å²) in [5, 5.41) is 31.2. The molecule has 2 aliphatic rings. The number of aryl methyl sites for hydroxylation is 1. The Labute approximate surface area is 190 Å². The van der Waals surface area contributed by atoms with Crippen LogP contribution in [0.1, 0.15) is 50.7 Å². The Morgan fingerprint density at radius 1 is 1.12 bits per heavy atom. The van der Waals surface area contributed by atoms with Crippen molar-refractivity contribution in [3.8, 4) is 11.5 Å². The lowest BCUT2D eigenvalue weighted by Gasteiger charge is -2.30. The Morgan fingerprint density at radius 2 is 1.88 bits per heavy atom. The molecule has 172 valence electrons. The Morgan fingerprint density at radius 3 is 2.59 bits per heavy atom. The first-order chi connectivity index (χ1) is 15.3. The SMILES string of the molecule is CC(O)CCc1cccc2c1O[C@H]1C[C@@H](O)[C@H](/C=C/[C@@H](O)C(C)(C)Oc3ccccc3)[C@@H]21. The monoisotopic (exact) mass is 438 g/mol. The molecule has 0 aromatic heterocycles. The van der Waals surface area contributed by atoms with Gasteiger partial charge in [0.25, 0.3) is 0 Å². The number of hydrogen-bond donors (Lipinski definition) is 3. The normalized spacial score (nSPS) is 26.4. The number of benzene rings is 2. The molecule has 3 N–H and O–H groups in total. The summed E-state index contributed by atoms with van der Waals surface area (Å²) in [4.78, 5) is 0. The molecule has 0 saturated heterocycles. The molecular weight excluding hydrogens is 404 g/mol. The molecule has 1 heterocycles. The fourth-order valence-electron chi connectivity index (χ4n) is 4.85. The first-order valence-electron chi connectivity index (χ1n) is 11.5. The van der Waals surface area contributed by atoms with Crippen LogP contribution in [-0.2, 0) is 6.42 Å². The number of aliphatic hydroxyl groups excluding tert-OH is 3. The zero-order valence-corrected chi connectivity index (χ0v) is 19.0. The van der Waals surface area contributed by atoms with E-state index < -0.39 is 17.8 Å². The number of para-hydroxylation sites is 2. The average molecular weight is 439 g/mol. The molecule has 1 fully saturated rings. The van der Waals surface area contributed by atoms with Crippen molar-refractivity contribution < 1.29 is 24.8 Å². The molecule has 2 aromatic rings. The smallest absolute Gasteiger partial charge is 0.133 e. The van der Waals surface area contributed by atoms with Crippen LogP contribution in [0.15, 0.2) is 60.7 Å². The van der Waals surface area contributed by atoms with Gasteiger partial charge in [-0.3, -0.25) is 0 Å². The van der Waals surface area contributed by atoms with Crippen LogP contribution in [0, 0.1) is 5.92 Å². The van der Waals surface area contributed by atoms with E-state index in [1.54, 1.807) is 13.0 Å². The molecule has 5 heteroatoms. The Bertz CT molecular complexity index is 936. The molecule has 5 nitrogen and oxygen atoms in total. The second-order valence-corrected chi connectivity index (χ2v) is 9.63. The standard InChI is InChI=1S/C27H34O5/c1-17(28)12-13-18-8-7-11-21-25-20(22(29)16-23(25)31-26(18)21)14-15-24(30)27(2,3)32-19-9-5-4-6-10-19/h4-11,14-15,17,20,22-25,28-30H,12-13,16H2,1-3H3/b15-14+/t17?,20-,22+,23-,24+,25-/m0/s1. The number of hydrogen-bond acceptors (Lipinski definition) is 5. The number of rotatable bonds is 8.